The van der Waals surface area contributed by atoms with Gasteiger partial charge in [-0.15, -0.1) is 0 Å². The van der Waals surface area contributed by atoms with Crippen LogP contribution in [0.5, 0.6) is 0 Å². The molecule has 1 rings (SSSR count). The molecule has 0 saturated carbocycles. The molecule has 2 heteroatoms. The monoisotopic (exact) mass is 195 g/mol. The fourth-order valence-electron chi connectivity index (χ4n) is 1.46. The lowest BCUT2D eigenvalue weighted by atomic mass is 10.00. The minimum Gasteiger partial charge on any atom is -0.319 e. The summed E-state index contributed by atoms with van der Waals surface area (Å²) in [6.45, 7) is 4.90. The van der Waals surface area contributed by atoms with Crippen molar-refractivity contribution in [2.75, 3.05) is 13.6 Å². The van der Waals surface area contributed by atoms with Crippen molar-refractivity contribution in [2.24, 2.45) is 0 Å². The van der Waals surface area contributed by atoms with Crippen molar-refractivity contribution in [3.05, 3.63) is 35.1 Å². The maximum atomic E-state index is 13.5. The Morgan fingerprint density at radius 3 is 2.57 bits per heavy atom. The van der Waals surface area contributed by atoms with E-state index in [1.807, 2.05) is 33.0 Å². The summed E-state index contributed by atoms with van der Waals surface area (Å²) in [5, 5.41) is 3.05. The van der Waals surface area contributed by atoms with Crippen LogP contribution in [-0.4, -0.2) is 13.6 Å². The topological polar surface area (TPSA) is 12.0 Å². The van der Waals surface area contributed by atoms with Crippen LogP contribution in [0.25, 0.3) is 0 Å². The highest BCUT2D eigenvalue weighted by Gasteiger charge is 2.06. The van der Waals surface area contributed by atoms with E-state index in [2.05, 4.69) is 5.32 Å². The first kappa shape index (κ1) is 11.2. The van der Waals surface area contributed by atoms with Crippen molar-refractivity contribution in [3.63, 3.8) is 0 Å². The quantitative estimate of drug-likeness (QED) is 0.779. The average molecular weight is 195 g/mol. The van der Waals surface area contributed by atoms with E-state index < -0.39 is 0 Å². The Morgan fingerprint density at radius 2 is 2.07 bits per heavy atom. The summed E-state index contributed by atoms with van der Waals surface area (Å²) >= 11 is 0. The van der Waals surface area contributed by atoms with Gasteiger partial charge in [-0.2, -0.15) is 0 Å². The van der Waals surface area contributed by atoms with E-state index in [0.29, 0.717) is 0 Å². The first-order valence-corrected chi connectivity index (χ1v) is 5.08. The Balaban J connectivity index is 2.78. The first-order valence-electron chi connectivity index (χ1n) is 5.08. The zero-order chi connectivity index (χ0) is 10.6. The molecule has 0 saturated heterocycles. The SMILES string of the molecule is CNCCc1ccc(C(C)C)c(F)c1. The van der Waals surface area contributed by atoms with E-state index in [1.165, 1.54) is 0 Å². The van der Waals surface area contributed by atoms with Crippen LogP contribution >= 0.6 is 0 Å². The van der Waals surface area contributed by atoms with E-state index in [9.17, 15) is 4.39 Å². The minimum absolute atomic E-state index is 0.0754. The number of hydrogen-bond acceptors (Lipinski definition) is 1. The maximum Gasteiger partial charge on any atom is 0.126 e. The fourth-order valence-corrected chi connectivity index (χ4v) is 1.46. The smallest absolute Gasteiger partial charge is 0.126 e. The summed E-state index contributed by atoms with van der Waals surface area (Å²) in [6, 6.07) is 5.55. The number of benzene rings is 1. The van der Waals surface area contributed by atoms with Gasteiger partial charge in [-0.25, -0.2) is 4.39 Å². The lowest BCUT2D eigenvalue weighted by molar-refractivity contribution is 0.595. The van der Waals surface area contributed by atoms with Gasteiger partial charge < -0.3 is 5.32 Å². The molecule has 14 heavy (non-hydrogen) atoms. The van der Waals surface area contributed by atoms with Crippen molar-refractivity contribution in [1.82, 2.24) is 5.32 Å². The van der Waals surface area contributed by atoms with Crippen molar-refractivity contribution in [2.45, 2.75) is 26.2 Å². The Bertz CT molecular complexity index is 294. The van der Waals surface area contributed by atoms with Gasteiger partial charge in [-0.05, 0) is 43.1 Å². The van der Waals surface area contributed by atoms with Gasteiger partial charge in [-0.1, -0.05) is 26.0 Å². The molecule has 0 aliphatic carbocycles. The molecule has 1 aromatic carbocycles. The van der Waals surface area contributed by atoms with Crippen LogP contribution < -0.4 is 5.32 Å². The molecule has 1 nitrogen and oxygen atoms in total. The summed E-state index contributed by atoms with van der Waals surface area (Å²) in [5.41, 5.74) is 1.86. The summed E-state index contributed by atoms with van der Waals surface area (Å²) in [7, 11) is 1.90. The molecule has 0 aliphatic heterocycles. The average Bonchev–Trinajstić information content (AvgIpc) is 2.14. The van der Waals surface area contributed by atoms with Crippen LogP contribution in [0.15, 0.2) is 18.2 Å². The van der Waals surface area contributed by atoms with Crippen molar-refractivity contribution < 1.29 is 4.39 Å². The van der Waals surface area contributed by atoms with Crippen molar-refractivity contribution in [3.8, 4) is 0 Å². The van der Waals surface area contributed by atoms with Crippen LogP contribution in [0.1, 0.15) is 30.9 Å². The molecular formula is C12H18FN. The van der Waals surface area contributed by atoms with Gasteiger partial charge in [0.05, 0.1) is 0 Å². The predicted octanol–water partition coefficient (Wildman–Crippen LogP) is 2.71. The lowest BCUT2D eigenvalue weighted by Gasteiger charge is -2.08. The van der Waals surface area contributed by atoms with Gasteiger partial charge in [0, 0.05) is 0 Å². The molecule has 1 aromatic rings. The van der Waals surface area contributed by atoms with E-state index in [4.69, 9.17) is 0 Å². The maximum absolute atomic E-state index is 13.5. The second kappa shape index (κ2) is 5.11. The molecule has 0 aromatic heterocycles. The van der Waals surface area contributed by atoms with Gasteiger partial charge in [-0.3, -0.25) is 0 Å². The lowest BCUT2D eigenvalue weighted by Crippen LogP contribution is -2.10. The molecule has 0 atom stereocenters. The Hall–Kier alpha value is -0.890. The fraction of sp³-hybridized carbons (Fsp3) is 0.500. The molecule has 1 N–H and O–H groups in total. The molecule has 0 amide bonds. The number of likely N-dealkylation sites (N-methyl/N-ethyl adjacent to an activating group) is 1. The summed E-state index contributed by atoms with van der Waals surface area (Å²) in [5.74, 6) is 0.182. The Labute approximate surface area is 85.3 Å². The van der Waals surface area contributed by atoms with Gasteiger partial charge in [0.1, 0.15) is 5.82 Å². The molecular weight excluding hydrogens is 177 g/mol. The number of halogens is 1. The first-order chi connectivity index (χ1) is 6.65. The van der Waals surface area contributed by atoms with Crippen molar-refractivity contribution in [1.29, 1.82) is 0 Å². The largest absolute Gasteiger partial charge is 0.319 e. The third-order valence-electron chi connectivity index (χ3n) is 2.35. The highest BCUT2D eigenvalue weighted by atomic mass is 19.1. The molecule has 0 bridgehead atoms. The normalized spacial score (nSPS) is 10.9. The summed E-state index contributed by atoms with van der Waals surface area (Å²) < 4.78 is 13.5. The minimum atomic E-state index is -0.0754. The van der Waals surface area contributed by atoms with Crippen LogP contribution in [0.2, 0.25) is 0 Å². The summed E-state index contributed by atoms with van der Waals surface area (Å²) in [4.78, 5) is 0. The summed E-state index contributed by atoms with van der Waals surface area (Å²) in [6.07, 6.45) is 0.881. The number of hydrogen-bond donors (Lipinski definition) is 1. The van der Waals surface area contributed by atoms with Crippen LogP contribution in [-0.2, 0) is 6.42 Å². The van der Waals surface area contributed by atoms with E-state index in [-0.39, 0.29) is 11.7 Å². The molecule has 0 unspecified atom stereocenters. The van der Waals surface area contributed by atoms with E-state index in [0.717, 1.165) is 24.1 Å². The molecule has 78 valence electrons. The number of rotatable bonds is 4. The van der Waals surface area contributed by atoms with Crippen molar-refractivity contribution >= 4 is 0 Å². The highest BCUT2D eigenvalue weighted by Crippen LogP contribution is 2.19. The molecule has 0 aliphatic rings. The zero-order valence-electron chi connectivity index (χ0n) is 9.10. The van der Waals surface area contributed by atoms with Gasteiger partial charge in [0.2, 0.25) is 0 Å². The van der Waals surface area contributed by atoms with Gasteiger partial charge in [0.15, 0.2) is 0 Å². The second-order valence-corrected chi connectivity index (χ2v) is 3.86. The standard InChI is InChI=1S/C12H18FN/c1-9(2)11-5-4-10(6-7-14-3)8-12(11)13/h4-5,8-9,14H,6-7H2,1-3H3. The second-order valence-electron chi connectivity index (χ2n) is 3.86. The van der Waals surface area contributed by atoms with Gasteiger partial charge >= 0.3 is 0 Å². The third-order valence-corrected chi connectivity index (χ3v) is 2.35. The van der Waals surface area contributed by atoms with Crippen LogP contribution in [0.3, 0.4) is 0 Å². The van der Waals surface area contributed by atoms with Crippen LogP contribution in [0, 0.1) is 5.82 Å². The Kier molecular flexibility index (Phi) is 4.08. The molecule has 0 spiro atoms. The number of nitrogens with one attached hydrogen (secondary N) is 1. The zero-order valence-corrected chi connectivity index (χ0v) is 9.10. The molecule has 0 fully saturated rings. The predicted molar refractivity (Wildman–Crippen MR) is 58.1 cm³/mol. The van der Waals surface area contributed by atoms with E-state index >= 15 is 0 Å². The Morgan fingerprint density at radius 1 is 1.36 bits per heavy atom. The van der Waals surface area contributed by atoms with Gasteiger partial charge in [0.25, 0.3) is 0 Å². The third kappa shape index (κ3) is 2.81. The highest BCUT2D eigenvalue weighted by molar-refractivity contribution is 5.26. The molecule has 0 radical (unpaired) electrons. The molecule has 0 heterocycles. The van der Waals surface area contributed by atoms with E-state index in [1.54, 1.807) is 6.07 Å². The van der Waals surface area contributed by atoms with Crippen LogP contribution in [0.4, 0.5) is 4.39 Å².